The van der Waals surface area contributed by atoms with Crippen molar-refractivity contribution in [2.24, 2.45) is 0 Å². The average Bonchev–Trinajstić information content (AvgIpc) is 2.66. The van der Waals surface area contributed by atoms with E-state index in [0.29, 0.717) is 6.61 Å². The number of aromatic amines is 1. The summed E-state index contributed by atoms with van der Waals surface area (Å²) < 4.78 is 5.65. The second kappa shape index (κ2) is 4.97. The molecule has 0 fully saturated rings. The molecule has 0 aliphatic carbocycles. The minimum absolute atomic E-state index is 0.0773. The highest BCUT2D eigenvalue weighted by molar-refractivity contribution is 7.16. The Labute approximate surface area is 102 Å². The Bertz CT molecular complexity index is 624. The first-order valence-corrected chi connectivity index (χ1v) is 5.98. The van der Waals surface area contributed by atoms with Crippen LogP contribution < -0.4 is 4.87 Å². The van der Waals surface area contributed by atoms with Crippen molar-refractivity contribution in [1.82, 2.24) is 4.98 Å². The van der Waals surface area contributed by atoms with Gasteiger partial charge in [-0.1, -0.05) is 17.4 Å². The number of carbonyl (C=O) groups is 1. The lowest BCUT2D eigenvalue weighted by atomic mass is 10.2. The number of aromatic nitrogens is 1. The van der Waals surface area contributed by atoms with E-state index in [1.54, 1.807) is 13.0 Å². The highest BCUT2D eigenvalue weighted by atomic mass is 32.1. The maximum Gasteiger partial charge on any atom is 0.330 e. The van der Waals surface area contributed by atoms with Gasteiger partial charge in [0, 0.05) is 6.08 Å². The van der Waals surface area contributed by atoms with Gasteiger partial charge in [0.15, 0.2) is 0 Å². The van der Waals surface area contributed by atoms with E-state index in [2.05, 4.69) is 4.98 Å². The van der Waals surface area contributed by atoms with Crippen molar-refractivity contribution in [3.8, 4) is 0 Å². The van der Waals surface area contributed by atoms with E-state index >= 15 is 0 Å². The predicted molar refractivity (Wildman–Crippen MR) is 68.1 cm³/mol. The Morgan fingerprint density at radius 1 is 1.53 bits per heavy atom. The lowest BCUT2D eigenvalue weighted by Crippen LogP contribution is -1.98. The summed E-state index contributed by atoms with van der Waals surface area (Å²) in [6.07, 6.45) is 3.04. The Hall–Kier alpha value is -1.88. The van der Waals surface area contributed by atoms with E-state index in [1.165, 1.54) is 6.08 Å². The highest BCUT2D eigenvalue weighted by Gasteiger charge is 1.99. The monoisotopic (exact) mass is 249 g/mol. The molecule has 2 rings (SSSR count). The van der Waals surface area contributed by atoms with E-state index in [9.17, 15) is 9.59 Å². The first kappa shape index (κ1) is 11.6. The molecule has 1 heterocycles. The molecular weight excluding hydrogens is 238 g/mol. The van der Waals surface area contributed by atoms with Crippen molar-refractivity contribution < 1.29 is 9.53 Å². The van der Waals surface area contributed by atoms with Gasteiger partial charge in [-0.3, -0.25) is 4.79 Å². The normalized spacial score (nSPS) is 11.1. The molecule has 0 saturated carbocycles. The van der Waals surface area contributed by atoms with Crippen molar-refractivity contribution in [3.63, 3.8) is 0 Å². The Morgan fingerprint density at radius 2 is 2.35 bits per heavy atom. The lowest BCUT2D eigenvalue weighted by molar-refractivity contribution is -0.137. The van der Waals surface area contributed by atoms with Crippen molar-refractivity contribution in [1.29, 1.82) is 0 Å². The van der Waals surface area contributed by atoms with Gasteiger partial charge in [0.2, 0.25) is 0 Å². The molecule has 0 atom stereocenters. The molecule has 0 unspecified atom stereocenters. The molecule has 0 aliphatic heterocycles. The van der Waals surface area contributed by atoms with E-state index in [4.69, 9.17) is 4.74 Å². The Morgan fingerprint density at radius 3 is 3.12 bits per heavy atom. The topological polar surface area (TPSA) is 59.2 Å². The molecule has 1 aromatic carbocycles. The van der Waals surface area contributed by atoms with Crippen molar-refractivity contribution in [2.75, 3.05) is 6.61 Å². The number of rotatable bonds is 3. The molecule has 1 N–H and O–H groups in total. The zero-order valence-corrected chi connectivity index (χ0v) is 10.0. The zero-order chi connectivity index (χ0) is 12.3. The van der Waals surface area contributed by atoms with E-state index in [-0.39, 0.29) is 10.8 Å². The molecule has 17 heavy (non-hydrogen) atoms. The molecular formula is C12H11NO3S. The molecule has 0 spiro atoms. The Kier molecular flexibility index (Phi) is 3.39. The van der Waals surface area contributed by atoms with Crippen LogP contribution in [0.2, 0.25) is 0 Å². The number of ether oxygens (including phenoxy) is 1. The molecule has 0 saturated heterocycles. The SMILES string of the molecule is CCOC(=O)C=Cc1ccc2[nH]c(=O)sc2c1. The summed E-state index contributed by atoms with van der Waals surface area (Å²) in [5.74, 6) is -0.366. The van der Waals surface area contributed by atoms with Gasteiger partial charge in [0.05, 0.1) is 16.8 Å². The van der Waals surface area contributed by atoms with Gasteiger partial charge in [-0.25, -0.2) is 4.79 Å². The quantitative estimate of drug-likeness (QED) is 0.670. The minimum atomic E-state index is -0.366. The minimum Gasteiger partial charge on any atom is -0.463 e. The van der Waals surface area contributed by atoms with Crippen LogP contribution in [0.3, 0.4) is 0 Å². The summed E-state index contributed by atoms with van der Waals surface area (Å²) in [6, 6.07) is 5.51. The van der Waals surface area contributed by atoms with Crippen molar-refractivity contribution in [3.05, 3.63) is 39.5 Å². The van der Waals surface area contributed by atoms with Crippen LogP contribution in [0, 0.1) is 0 Å². The van der Waals surface area contributed by atoms with Crippen LogP contribution in [0.15, 0.2) is 29.1 Å². The third kappa shape index (κ3) is 2.82. The first-order valence-electron chi connectivity index (χ1n) is 5.17. The fourth-order valence-corrected chi connectivity index (χ4v) is 2.21. The van der Waals surface area contributed by atoms with E-state index < -0.39 is 0 Å². The van der Waals surface area contributed by atoms with Gasteiger partial charge in [-0.2, -0.15) is 0 Å². The van der Waals surface area contributed by atoms with Gasteiger partial charge in [0.25, 0.3) is 0 Å². The number of carbonyl (C=O) groups excluding carboxylic acids is 1. The maximum absolute atomic E-state index is 11.1. The number of fused-ring (bicyclic) bond motifs is 1. The number of thiazole rings is 1. The van der Waals surface area contributed by atoms with Gasteiger partial charge in [-0.15, -0.1) is 0 Å². The van der Waals surface area contributed by atoms with Crippen LogP contribution in [0.25, 0.3) is 16.3 Å². The second-order valence-electron chi connectivity index (χ2n) is 3.36. The number of hydrogen-bond acceptors (Lipinski definition) is 4. The van der Waals surface area contributed by atoms with Crippen LogP contribution >= 0.6 is 11.3 Å². The molecule has 0 aliphatic rings. The fraction of sp³-hybridized carbons (Fsp3) is 0.167. The first-order chi connectivity index (χ1) is 8.19. The molecule has 0 amide bonds. The standard InChI is InChI=1S/C12H11NO3S/c1-2-16-11(14)6-4-8-3-5-9-10(7-8)17-12(15)13-9/h3-7H,2H2,1H3,(H,13,15). The van der Waals surface area contributed by atoms with Crippen LogP contribution in [0.4, 0.5) is 0 Å². The highest BCUT2D eigenvalue weighted by Crippen LogP contribution is 2.17. The van der Waals surface area contributed by atoms with Gasteiger partial charge < -0.3 is 9.72 Å². The molecule has 5 heteroatoms. The summed E-state index contributed by atoms with van der Waals surface area (Å²) >= 11 is 1.15. The molecule has 0 radical (unpaired) electrons. The summed E-state index contributed by atoms with van der Waals surface area (Å²) in [7, 11) is 0. The van der Waals surface area contributed by atoms with E-state index in [0.717, 1.165) is 27.1 Å². The van der Waals surface area contributed by atoms with Crippen LogP contribution in [-0.4, -0.2) is 17.6 Å². The number of esters is 1. The zero-order valence-electron chi connectivity index (χ0n) is 9.23. The third-order valence-electron chi connectivity index (χ3n) is 2.14. The number of hydrogen-bond donors (Lipinski definition) is 1. The van der Waals surface area contributed by atoms with Gasteiger partial charge >= 0.3 is 10.8 Å². The third-order valence-corrected chi connectivity index (χ3v) is 2.99. The second-order valence-corrected chi connectivity index (χ2v) is 4.37. The molecule has 4 nitrogen and oxygen atoms in total. The summed E-state index contributed by atoms with van der Waals surface area (Å²) in [5, 5.41) is 0. The number of benzene rings is 1. The largest absolute Gasteiger partial charge is 0.463 e. The summed E-state index contributed by atoms with van der Waals surface area (Å²) in [4.78, 5) is 24.9. The van der Waals surface area contributed by atoms with Crippen molar-refractivity contribution >= 4 is 33.6 Å². The van der Waals surface area contributed by atoms with E-state index in [1.807, 2.05) is 18.2 Å². The van der Waals surface area contributed by atoms with Crippen LogP contribution in [0.5, 0.6) is 0 Å². The summed E-state index contributed by atoms with van der Waals surface area (Å²) in [5.41, 5.74) is 1.68. The Balaban J connectivity index is 2.24. The fourth-order valence-electron chi connectivity index (χ4n) is 1.42. The average molecular weight is 249 g/mol. The van der Waals surface area contributed by atoms with Crippen LogP contribution in [0.1, 0.15) is 12.5 Å². The molecule has 88 valence electrons. The molecule has 0 bridgehead atoms. The lowest BCUT2D eigenvalue weighted by Gasteiger charge is -1.95. The van der Waals surface area contributed by atoms with Crippen molar-refractivity contribution in [2.45, 2.75) is 6.92 Å². The number of H-pyrrole nitrogens is 1. The predicted octanol–water partition coefficient (Wildman–Crippen LogP) is 2.17. The smallest absolute Gasteiger partial charge is 0.330 e. The number of nitrogens with one attached hydrogen (secondary N) is 1. The van der Waals surface area contributed by atoms with Gasteiger partial charge in [-0.05, 0) is 30.7 Å². The van der Waals surface area contributed by atoms with Crippen LogP contribution in [-0.2, 0) is 9.53 Å². The van der Waals surface area contributed by atoms with Gasteiger partial charge in [0.1, 0.15) is 0 Å². The summed E-state index contributed by atoms with van der Waals surface area (Å²) in [6.45, 7) is 2.12. The maximum atomic E-state index is 11.1. The molecule has 2 aromatic rings. The molecule has 1 aromatic heterocycles.